The molecule has 13 heavy (non-hydrogen) atoms. The number of rotatable bonds is 3. The quantitative estimate of drug-likeness (QED) is 0.766. The normalized spacial score (nSPS) is 25.6. The average Bonchev–Trinajstić information content (AvgIpc) is 2.67. The molecule has 0 aromatic carbocycles. The molecule has 3 heteroatoms. The zero-order chi connectivity index (χ0) is 9.26. The summed E-state index contributed by atoms with van der Waals surface area (Å²) in [5.74, 6) is 1.44. The van der Waals surface area contributed by atoms with Crippen molar-refractivity contribution in [2.24, 2.45) is 11.8 Å². The molecule has 1 aromatic heterocycles. The van der Waals surface area contributed by atoms with Crippen LogP contribution < -0.4 is 5.32 Å². The molecule has 1 aliphatic rings. The van der Waals surface area contributed by atoms with Crippen LogP contribution in [0.4, 0.5) is 0 Å². The number of carbonyl (C=O) groups excluding carboxylic acids is 1. The molecular formula is C10H13NO2. The van der Waals surface area contributed by atoms with E-state index < -0.39 is 0 Å². The van der Waals surface area contributed by atoms with Gasteiger partial charge in [-0.15, -0.1) is 0 Å². The molecule has 2 unspecified atom stereocenters. The van der Waals surface area contributed by atoms with Gasteiger partial charge in [0.2, 0.25) is 0 Å². The largest absolute Gasteiger partial charge is 0.472 e. The van der Waals surface area contributed by atoms with Crippen molar-refractivity contribution in [1.29, 1.82) is 0 Å². The van der Waals surface area contributed by atoms with Crippen LogP contribution >= 0.6 is 0 Å². The minimum absolute atomic E-state index is 0.0344. The summed E-state index contributed by atoms with van der Waals surface area (Å²) in [7, 11) is 0. The monoisotopic (exact) mass is 179 g/mol. The maximum Gasteiger partial charge on any atom is 0.254 e. The van der Waals surface area contributed by atoms with Gasteiger partial charge in [-0.2, -0.15) is 0 Å². The Morgan fingerprint density at radius 2 is 2.54 bits per heavy atom. The van der Waals surface area contributed by atoms with Gasteiger partial charge >= 0.3 is 0 Å². The molecule has 1 heterocycles. The summed E-state index contributed by atoms with van der Waals surface area (Å²) in [6.07, 6.45) is 4.21. The van der Waals surface area contributed by atoms with Crippen LogP contribution in [0.1, 0.15) is 23.7 Å². The Bertz CT molecular complexity index is 292. The Labute approximate surface area is 77.1 Å². The minimum Gasteiger partial charge on any atom is -0.472 e. The van der Waals surface area contributed by atoms with E-state index in [0.717, 1.165) is 12.5 Å². The van der Waals surface area contributed by atoms with Crippen molar-refractivity contribution in [3.63, 3.8) is 0 Å². The zero-order valence-corrected chi connectivity index (χ0v) is 7.62. The second-order valence-corrected chi connectivity index (χ2v) is 3.70. The van der Waals surface area contributed by atoms with E-state index >= 15 is 0 Å². The molecule has 1 saturated carbocycles. The van der Waals surface area contributed by atoms with Crippen LogP contribution in [0.5, 0.6) is 0 Å². The van der Waals surface area contributed by atoms with E-state index in [4.69, 9.17) is 4.42 Å². The Morgan fingerprint density at radius 3 is 3.08 bits per heavy atom. The number of nitrogens with one attached hydrogen (secondary N) is 1. The van der Waals surface area contributed by atoms with Crippen molar-refractivity contribution in [3.8, 4) is 0 Å². The number of furan rings is 1. The highest BCUT2D eigenvalue weighted by Gasteiger charge is 2.32. The molecular weight excluding hydrogens is 166 g/mol. The van der Waals surface area contributed by atoms with E-state index in [9.17, 15) is 4.79 Å². The summed E-state index contributed by atoms with van der Waals surface area (Å²) >= 11 is 0. The van der Waals surface area contributed by atoms with Gasteiger partial charge in [0.05, 0.1) is 11.8 Å². The van der Waals surface area contributed by atoms with Gasteiger partial charge in [0.1, 0.15) is 6.26 Å². The Kier molecular flexibility index (Phi) is 2.08. The van der Waals surface area contributed by atoms with E-state index in [-0.39, 0.29) is 5.91 Å². The second kappa shape index (κ2) is 3.24. The summed E-state index contributed by atoms with van der Waals surface area (Å²) in [5, 5.41) is 2.88. The third-order valence-electron chi connectivity index (χ3n) is 2.58. The van der Waals surface area contributed by atoms with Crippen LogP contribution in [-0.2, 0) is 0 Å². The van der Waals surface area contributed by atoms with E-state index in [1.54, 1.807) is 6.07 Å². The van der Waals surface area contributed by atoms with Gasteiger partial charge in [0.15, 0.2) is 0 Å². The summed E-state index contributed by atoms with van der Waals surface area (Å²) in [6, 6.07) is 1.67. The van der Waals surface area contributed by atoms with Gasteiger partial charge in [0, 0.05) is 6.54 Å². The van der Waals surface area contributed by atoms with Crippen LogP contribution in [0.3, 0.4) is 0 Å². The number of hydrogen-bond acceptors (Lipinski definition) is 2. The Morgan fingerprint density at radius 1 is 1.77 bits per heavy atom. The van der Waals surface area contributed by atoms with Crippen LogP contribution in [0.2, 0.25) is 0 Å². The van der Waals surface area contributed by atoms with Gasteiger partial charge in [-0.3, -0.25) is 4.79 Å². The van der Waals surface area contributed by atoms with E-state index in [1.165, 1.54) is 18.9 Å². The molecule has 1 fully saturated rings. The van der Waals surface area contributed by atoms with Gasteiger partial charge in [-0.05, 0) is 24.3 Å². The molecule has 2 atom stereocenters. The van der Waals surface area contributed by atoms with Crippen LogP contribution in [-0.4, -0.2) is 12.5 Å². The summed E-state index contributed by atoms with van der Waals surface area (Å²) in [5.41, 5.74) is 0.605. The fraction of sp³-hybridized carbons (Fsp3) is 0.500. The van der Waals surface area contributed by atoms with Crippen molar-refractivity contribution < 1.29 is 9.21 Å². The fourth-order valence-electron chi connectivity index (χ4n) is 1.40. The molecule has 0 bridgehead atoms. The molecule has 0 saturated heterocycles. The highest BCUT2D eigenvalue weighted by atomic mass is 16.3. The second-order valence-electron chi connectivity index (χ2n) is 3.70. The molecule has 3 nitrogen and oxygen atoms in total. The number of hydrogen-bond donors (Lipinski definition) is 1. The number of carbonyl (C=O) groups is 1. The van der Waals surface area contributed by atoms with Gasteiger partial charge in [0.25, 0.3) is 5.91 Å². The van der Waals surface area contributed by atoms with E-state index in [2.05, 4.69) is 12.2 Å². The van der Waals surface area contributed by atoms with Gasteiger partial charge < -0.3 is 9.73 Å². The SMILES string of the molecule is CC1CC1CNC(=O)c1ccoc1. The highest BCUT2D eigenvalue weighted by Crippen LogP contribution is 2.36. The van der Waals surface area contributed by atoms with Crippen LogP contribution in [0.15, 0.2) is 23.0 Å². The third-order valence-corrected chi connectivity index (χ3v) is 2.58. The molecule has 0 spiro atoms. The first-order valence-electron chi connectivity index (χ1n) is 4.58. The lowest BCUT2D eigenvalue weighted by Gasteiger charge is -2.00. The third kappa shape index (κ3) is 1.91. The lowest BCUT2D eigenvalue weighted by atomic mass is 10.3. The predicted octanol–water partition coefficient (Wildman–Crippen LogP) is 1.67. The minimum atomic E-state index is -0.0344. The van der Waals surface area contributed by atoms with Crippen molar-refractivity contribution in [1.82, 2.24) is 5.32 Å². The molecule has 1 amide bonds. The fourth-order valence-corrected chi connectivity index (χ4v) is 1.40. The van der Waals surface area contributed by atoms with E-state index in [1.807, 2.05) is 0 Å². The van der Waals surface area contributed by atoms with Gasteiger partial charge in [-0.25, -0.2) is 0 Å². The maximum absolute atomic E-state index is 11.4. The molecule has 70 valence electrons. The number of amides is 1. The van der Waals surface area contributed by atoms with Crippen molar-refractivity contribution in [2.45, 2.75) is 13.3 Å². The Balaban J connectivity index is 1.79. The summed E-state index contributed by atoms with van der Waals surface area (Å²) in [6.45, 7) is 3.00. The molecule has 1 aromatic rings. The highest BCUT2D eigenvalue weighted by molar-refractivity contribution is 5.93. The smallest absolute Gasteiger partial charge is 0.254 e. The van der Waals surface area contributed by atoms with Crippen molar-refractivity contribution in [2.75, 3.05) is 6.54 Å². The summed E-state index contributed by atoms with van der Waals surface area (Å²) < 4.78 is 4.82. The molecule has 0 aliphatic heterocycles. The topological polar surface area (TPSA) is 42.2 Å². The average molecular weight is 179 g/mol. The standard InChI is InChI=1S/C10H13NO2/c1-7-4-9(7)5-11-10(12)8-2-3-13-6-8/h2-3,6-7,9H,4-5H2,1H3,(H,11,12). The molecule has 1 aliphatic carbocycles. The van der Waals surface area contributed by atoms with Crippen LogP contribution in [0, 0.1) is 11.8 Å². The maximum atomic E-state index is 11.4. The Hall–Kier alpha value is -1.25. The van der Waals surface area contributed by atoms with E-state index in [0.29, 0.717) is 11.5 Å². The first-order valence-corrected chi connectivity index (χ1v) is 4.58. The lowest BCUT2D eigenvalue weighted by molar-refractivity contribution is 0.0950. The first kappa shape index (κ1) is 8.35. The zero-order valence-electron chi connectivity index (χ0n) is 7.62. The predicted molar refractivity (Wildman–Crippen MR) is 48.3 cm³/mol. The van der Waals surface area contributed by atoms with Crippen molar-refractivity contribution >= 4 is 5.91 Å². The van der Waals surface area contributed by atoms with Crippen molar-refractivity contribution in [3.05, 3.63) is 24.2 Å². The first-order chi connectivity index (χ1) is 6.27. The molecule has 1 N–H and O–H groups in total. The van der Waals surface area contributed by atoms with Crippen LogP contribution in [0.25, 0.3) is 0 Å². The lowest BCUT2D eigenvalue weighted by Crippen LogP contribution is -2.25. The summed E-state index contributed by atoms with van der Waals surface area (Å²) in [4.78, 5) is 11.4. The van der Waals surface area contributed by atoms with Gasteiger partial charge in [-0.1, -0.05) is 6.92 Å². The molecule has 0 radical (unpaired) electrons. The molecule has 2 rings (SSSR count).